The van der Waals surface area contributed by atoms with E-state index in [0.29, 0.717) is 12.1 Å². The van der Waals surface area contributed by atoms with Gasteiger partial charge in [0, 0.05) is 24.2 Å². The summed E-state index contributed by atoms with van der Waals surface area (Å²) < 4.78 is 0. The highest BCUT2D eigenvalue weighted by Crippen LogP contribution is 2.16. The third kappa shape index (κ3) is 6.00. The monoisotopic (exact) mass is 328 g/mol. The zero-order valence-electron chi connectivity index (χ0n) is 15.5. The average Bonchev–Trinajstić information content (AvgIpc) is 3.06. The molecule has 0 heterocycles. The molecule has 0 saturated heterocycles. The molecule has 1 aromatic carbocycles. The molecule has 1 atom stereocenters. The van der Waals surface area contributed by atoms with Gasteiger partial charge in [-0.25, -0.2) is 0 Å². The Morgan fingerprint density at radius 1 is 1.21 bits per heavy atom. The number of benzene rings is 1. The molecule has 0 fully saturated rings. The van der Waals surface area contributed by atoms with Crippen LogP contribution in [-0.2, 0) is 0 Å². The minimum atomic E-state index is -0.0778. The molecule has 0 aliphatic heterocycles. The van der Waals surface area contributed by atoms with Gasteiger partial charge in [-0.1, -0.05) is 42.5 Å². The van der Waals surface area contributed by atoms with E-state index in [1.807, 2.05) is 0 Å². The maximum atomic E-state index is 4.80. The molecule has 1 aromatic rings. The van der Waals surface area contributed by atoms with Crippen molar-refractivity contribution < 1.29 is 0 Å². The highest BCUT2D eigenvalue weighted by molar-refractivity contribution is 5.80. The van der Waals surface area contributed by atoms with Crippen LogP contribution in [0.1, 0.15) is 52.1 Å². The van der Waals surface area contributed by atoms with Crippen LogP contribution in [0, 0.1) is 0 Å². The van der Waals surface area contributed by atoms with Gasteiger partial charge in [0.2, 0.25) is 0 Å². The lowest BCUT2D eigenvalue weighted by Crippen LogP contribution is -2.46. The number of rotatable bonds is 7. The van der Waals surface area contributed by atoms with Crippen LogP contribution < -0.4 is 16.0 Å². The quantitative estimate of drug-likeness (QED) is 0.408. The molecule has 0 amide bonds. The third-order valence-electron chi connectivity index (χ3n) is 4.23. The molecule has 1 aliphatic rings. The molecule has 0 bridgehead atoms. The molecular weight excluding hydrogens is 296 g/mol. The van der Waals surface area contributed by atoms with Crippen LogP contribution in [-0.4, -0.2) is 30.6 Å². The first-order valence-corrected chi connectivity index (χ1v) is 9.02. The molecule has 2 rings (SSSR count). The molecule has 132 valence electrons. The molecule has 24 heavy (non-hydrogen) atoms. The third-order valence-corrected chi connectivity index (χ3v) is 4.23. The molecular formula is C20H32N4. The molecule has 0 spiro atoms. The van der Waals surface area contributed by atoms with Crippen LogP contribution in [0.15, 0.2) is 47.5 Å². The van der Waals surface area contributed by atoms with Gasteiger partial charge < -0.3 is 16.0 Å². The second-order valence-electron chi connectivity index (χ2n) is 7.14. The van der Waals surface area contributed by atoms with Gasteiger partial charge in [-0.15, -0.1) is 0 Å². The molecule has 3 N–H and O–H groups in total. The van der Waals surface area contributed by atoms with Crippen LogP contribution in [0.4, 0.5) is 0 Å². The smallest absolute Gasteiger partial charge is 0.191 e. The van der Waals surface area contributed by atoms with E-state index in [0.717, 1.165) is 31.9 Å². The van der Waals surface area contributed by atoms with E-state index in [9.17, 15) is 0 Å². The van der Waals surface area contributed by atoms with Crippen LogP contribution in [0.5, 0.6) is 0 Å². The van der Waals surface area contributed by atoms with Crippen molar-refractivity contribution in [3.05, 3.63) is 48.0 Å². The first-order valence-electron chi connectivity index (χ1n) is 9.02. The van der Waals surface area contributed by atoms with Crippen LogP contribution in [0.2, 0.25) is 0 Å². The van der Waals surface area contributed by atoms with Crippen molar-refractivity contribution in [2.45, 2.75) is 58.2 Å². The van der Waals surface area contributed by atoms with Crippen molar-refractivity contribution in [1.82, 2.24) is 16.0 Å². The number of hydrogen-bond donors (Lipinski definition) is 3. The van der Waals surface area contributed by atoms with Gasteiger partial charge in [-0.3, -0.25) is 4.99 Å². The van der Waals surface area contributed by atoms with E-state index in [-0.39, 0.29) is 5.54 Å². The van der Waals surface area contributed by atoms with E-state index in [1.165, 1.54) is 5.56 Å². The first-order chi connectivity index (χ1) is 11.5. The topological polar surface area (TPSA) is 48.5 Å². The van der Waals surface area contributed by atoms with E-state index in [4.69, 9.17) is 4.99 Å². The zero-order valence-corrected chi connectivity index (χ0v) is 15.5. The lowest BCUT2D eigenvalue weighted by atomic mass is 10.0. The fraction of sp³-hybridized carbons (Fsp3) is 0.550. The standard InChI is InChI=1S/C20H32N4/c1-5-21-19(23-18-13-9-10-14-18)22-15-20(3,4)24-16(2)17-11-7-6-8-12-17/h6-12,16,18,24H,5,13-15H2,1-4H3,(H2,21,22,23). The summed E-state index contributed by atoms with van der Waals surface area (Å²) in [6.07, 6.45) is 6.62. The molecule has 4 nitrogen and oxygen atoms in total. The Balaban J connectivity index is 1.92. The van der Waals surface area contributed by atoms with Gasteiger partial charge in [-0.05, 0) is 46.1 Å². The number of nitrogens with one attached hydrogen (secondary N) is 3. The predicted octanol–water partition coefficient (Wildman–Crippen LogP) is 3.39. The largest absolute Gasteiger partial charge is 0.357 e. The molecule has 0 aromatic heterocycles. The number of nitrogens with zero attached hydrogens (tertiary/aromatic N) is 1. The predicted molar refractivity (Wildman–Crippen MR) is 103 cm³/mol. The molecule has 1 unspecified atom stereocenters. The summed E-state index contributed by atoms with van der Waals surface area (Å²) in [5, 5.41) is 10.6. The summed E-state index contributed by atoms with van der Waals surface area (Å²) in [7, 11) is 0. The lowest BCUT2D eigenvalue weighted by Gasteiger charge is -2.29. The second kappa shape index (κ2) is 8.88. The Morgan fingerprint density at radius 2 is 1.88 bits per heavy atom. The van der Waals surface area contributed by atoms with Gasteiger partial charge >= 0.3 is 0 Å². The summed E-state index contributed by atoms with van der Waals surface area (Å²) in [6.45, 7) is 10.3. The van der Waals surface area contributed by atoms with E-state index < -0.39 is 0 Å². The Morgan fingerprint density at radius 3 is 2.50 bits per heavy atom. The van der Waals surface area contributed by atoms with E-state index in [2.05, 4.69) is 86.1 Å². The summed E-state index contributed by atoms with van der Waals surface area (Å²) >= 11 is 0. The van der Waals surface area contributed by atoms with Crippen molar-refractivity contribution >= 4 is 5.96 Å². The van der Waals surface area contributed by atoms with Gasteiger partial charge in [0.05, 0.1) is 6.54 Å². The van der Waals surface area contributed by atoms with Crippen LogP contribution in [0.25, 0.3) is 0 Å². The van der Waals surface area contributed by atoms with E-state index >= 15 is 0 Å². The van der Waals surface area contributed by atoms with Crippen molar-refractivity contribution in [1.29, 1.82) is 0 Å². The van der Waals surface area contributed by atoms with Crippen LogP contribution in [0.3, 0.4) is 0 Å². The highest BCUT2D eigenvalue weighted by atomic mass is 15.2. The van der Waals surface area contributed by atoms with Gasteiger partial charge in [0.25, 0.3) is 0 Å². The Hall–Kier alpha value is -1.81. The van der Waals surface area contributed by atoms with Crippen molar-refractivity contribution in [3.8, 4) is 0 Å². The van der Waals surface area contributed by atoms with Gasteiger partial charge in [0.15, 0.2) is 5.96 Å². The minimum Gasteiger partial charge on any atom is -0.357 e. The normalized spacial score (nSPS) is 17.1. The summed E-state index contributed by atoms with van der Waals surface area (Å²) in [4.78, 5) is 4.80. The van der Waals surface area contributed by atoms with Gasteiger partial charge in [0.1, 0.15) is 0 Å². The zero-order chi connectivity index (χ0) is 17.4. The Labute approximate surface area is 146 Å². The Kier molecular flexibility index (Phi) is 6.85. The fourth-order valence-corrected chi connectivity index (χ4v) is 2.98. The minimum absolute atomic E-state index is 0.0778. The first kappa shape index (κ1) is 18.5. The molecule has 1 aliphatic carbocycles. The second-order valence-corrected chi connectivity index (χ2v) is 7.14. The number of guanidine groups is 1. The van der Waals surface area contributed by atoms with Crippen molar-refractivity contribution in [2.75, 3.05) is 13.1 Å². The molecule has 0 saturated carbocycles. The summed E-state index contributed by atoms with van der Waals surface area (Å²) in [6, 6.07) is 11.3. The van der Waals surface area contributed by atoms with Crippen molar-refractivity contribution in [2.24, 2.45) is 4.99 Å². The summed E-state index contributed by atoms with van der Waals surface area (Å²) in [5.74, 6) is 0.911. The highest BCUT2D eigenvalue weighted by Gasteiger charge is 2.21. The van der Waals surface area contributed by atoms with Gasteiger partial charge in [-0.2, -0.15) is 0 Å². The SMILES string of the molecule is CCNC(=NCC(C)(C)NC(C)c1ccccc1)NC1CC=CC1. The maximum Gasteiger partial charge on any atom is 0.191 e. The maximum absolute atomic E-state index is 4.80. The van der Waals surface area contributed by atoms with E-state index in [1.54, 1.807) is 0 Å². The molecule has 0 radical (unpaired) electrons. The number of hydrogen-bond acceptors (Lipinski definition) is 2. The van der Waals surface area contributed by atoms with Crippen LogP contribution >= 0.6 is 0 Å². The lowest BCUT2D eigenvalue weighted by molar-refractivity contribution is 0.356. The summed E-state index contributed by atoms with van der Waals surface area (Å²) in [5.41, 5.74) is 1.22. The van der Waals surface area contributed by atoms with Crippen molar-refractivity contribution in [3.63, 3.8) is 0 Å². The average molecular weight is 329 g/mol. The Bertz CT molecular complexity index is 540. The fourth-order valence-electron chi connectivity index (χ4n) is 2.98. The molecule has 4 heteroatoms. The number of aliphatic imine (C=N–C) groups is 1.